The van der Waals surface area contributed by atoms with Crippen LogP contribution in [-0.4, -0.2) is 43.7 Å². The molecular weight excluding hydrogens is 326 g/mol. The molecule has 0 heterocycles. The molecule has 0 aliphatic heterocycles. The van der Waals surface area contributed by atoms with E-state index >= 15 is 0 Å². The highest BCUT2D eigenvalue weighted by molar-refractivity contribution is 7.89. The van der Waals surface area contributed by atoms with E-state index in [0.717, 1.165) is 12.1 Å². The first kappa shape index (κ1) is 17.2. The molecule has 1 N–H and O–H groups in total. The van der Waals surface area contributed by atoms with Crippen molar-refractivity contribution in [2.45, 2.75) is 11.1 Å². The van der Waals surface area contributed by atoms with Gasteiger partial charge in [-0.05, 0) is 18.2 Å². The van der Waals surface area contributed by atoms with Gasteiger partial charge in [0.1, 0.15) is 17.3 Å². The average Bonchev–Trinajstić information content (AvgIpc) is 2.30. The summed E-state index contributed by atoms with van der Waals surface area (Å²) >= 11 is 5.58. The summed E-state index contributed by atoms with van der Waals surface area (Å²) in [5.74, 6) is -0.955. The molecular formula is C10H10ClF4NO3S. The first-order valence-electron chi connectivity index (χ1n) is 5.21. The lowest BCUT2D eigenvalue weighted by molar-refractivity contribution is -0.136. The Hall–Kier alpha value is -0.900. The molecule has 0 saturated carbocycles. The number of hydrogen-bond acceptors (Lipinski definition) is 3. The van der Waals surface area contributed by atoms with Crippen LogP contribution in [0.4, 0.5) is 17.6 Å². The van der Waals surface area contributed by atoms with Crippen molar-refractivity contribution in [2.75, 3.05) is 19.7 Å². The Kier molecular flexibility index (Phi) is 5.36. The molecule has 0 aliphatic carbocycles. The molecule has 1 rings (SSSR count). The topological polar surface area (TPSA) is 57.6 Å². The van der Waals surface area contributed by atoms with Crippen LogP contribution in [0.5, 0.6) is 0 Å². The normalized spacial score (nSPS) is 12.9. The van der Waals surface area contributed by atoms with Gasteiger partial charge in [0, 0.05) is 6.54 Å². The molecule has 10 heteroatoms. The number of hydrogen-bond donors (Lipinski definition) is 1. The average molecular weight is 336 g/mol. The molecule has 0 atom stereocenters. The molecule has 1 aromatic carbocycles. The molecule has 114 valence electrons. The van der Waals surface area contributed by atoms with E-state index in [-0.39, 0.29) is 4.31 Å². The first-order chi connectivity index (χ1) is 9.08. The summed E-state index contributed by atoms with van der Waals surface area (Å²) in [6.45, 7) is -3.40. The van der Waals surface area contributed by atoms with Crippen LogP contribution in [0.3, 0.4) is 0 Å². The monoisotopic (exact) mass is 335 g/mol. The largest absolute Gasteiger partial charge is 0.402 e. The number of nitrogens with zero attached hydrogens (tertiary/aromatic N) is 1. The number of alkyl halides is 3. The number of halogens is 5. The lowest BCUT2D eigenvalue weighted by Gasteiger charge is -2.23. The van der Waals surface area contributed by atoms with Gasteiger partial charge in [-0.1, -0.05) is 11.6 Å². The number of sulfonamides is 1. The van der Waals surface area contributed by atoms with Crippen molar-refractivity contribution in [3.8, 4) is 0 Å². The van der Waals surface area contributed by atoms with Crippen molar-refractivity contribution < 1.29 is 31.1 Å². The zero-order valence-corrected chi connectivity index (χ0v) is 11.4. The van der Waals surface area contributed by atoms with Gasteiger partial charge in [-0.15, -0.1) is 0 Å². The summed E-state index contributed by atoms with van der Waals surface area (Å²) in [6, 6.07) is 2.33. The van der Waals surface area contributed by atoms with Gasteiger partial charge in [-0.25, -0.2) is 12.8 Å². The minimum atomic E-state index is -4.80. The van der Waals surface area contributed by atoms with Gasteiger partial charge < -0.3 is 5.11 Å². The molecule has 20 heavy (non-hydrogen) atoms. The van der Waals surface area contributed by atoms with E-state index in [1.54, 1.807) is 0 Å². The maximum atomic E-state index is 13.1. The molecule has 0 spiro atoms. The zero-order valence-electron chi connectivity index (χ0n) is 9.86. The van der Waals surface area contributed by atoms with Crippen molar-refractivity contribution in [3.63, 3.8) is 0 Å². The molecule has 0 aliphatic rings. The Labute approximate surface area is 117 Å². The fourth-order valence-corrected chi connectivity index (χ4v) is 3.31. The molecule has 0 aromatic heterocycles. The van der Waals surface area contributed by atoms with Gasteiger partial charge in [-0.2, -0.15) is 17.5 Å². The fraction of sp³-hybridized carbons (Fsp3) is 0.400. The van der Waals surface area contributed by atoms with Crippen LogP contribution in [0.1, 0.15) is 0 Å². The van der Waals surface area contributed by atoms with Crippen LogP contribution >= 0.6 is 11.6 Å². The number of rotatable bonds is 5. The molecule has 1 aromatic rings. The van der Waals surface area contributed by atoms with Gasteiger partial charge in [0.05, 0.1) is 11.6 Å². The molecule has 0 radical (unpaired) electrons. The Morgan fingerprint density at radius 3 is 2.40 bits per heavy atom. The third-order valence-electron chi connectivity index (χ3n) is 2.22. The molecule has 4 nitrogen and oxygen atoms in total. The second kappa shape index (κ2) is 6.25. The van der Waals surface area contributed by atoms with Crippen LogP contribution in [0.15, 0.2) is 23.1 Å². The molecule has 0 unspecified atom stereocenters. The van der Waals surface area contributed by atoms with Crippen LogP contribution in [-0.2, 0) is 10.0 Å². The summed E-state index contributed by atoms with van der Waals surface area (Å²) in [7, 11) is -4.67. The van der Waals surface area contributed by atoms with E-state index in [9.17, 15) is 26.0 Å². The third kappa shape index (κ3) is 4.30. The first-order valence-corrected chi connectivity index (χ1v) is 7.02. The Morgan fingerprint density at radius 2 is 1.90 bits per heavy atom. The molecule has 0 fully saturated rings. The van der Waals surface area contributed by atoms with Crippen molar-refractivity contribution >= 4 is 21.6 Å². The molecule has 0 saturated heterocycles. The van der Waals surface area contributed by atoms with Crippen molar-refractivity contribution in [1.82, 2.24) is 4.31 Å². The van der Waals surface area contributed by atoms with E-state index in [2.05, 4.69) is 0 Å². The van der Waals surface area contributed by atoms with E-state index in [1.165, 1.54) is 0 Å². The second-order valence-corrected chi connectivity index (χ2v) is 6.07. The highest BCUT2D eigenvalue weighted by atomic mass is 35.5. The minimum Gasteiger partial charge on any atom is -0.395 e. The van der Waals surface area contributed by atoms with E-state index in [0.29, 0.717) is 6.07 Å². The van der Waals surface area contributed by atoms with Crippen molar-refractivity contribution in [1.29, 1.82) is 0 Å². The quantitative estimate of drug-likeness (QED) is 0.838. The van der Waals surface area contributed by atoms with Gasteiger partial charge in [0.15, 0.2) is 0 Å². The smallest absolute Gasteiger partial charge is 0.395 e. The maximum absolute atomic E-state index is 13.1. The van der Waals surface area contributed by atoms with E-state index in [4.69, 9.17) is 16.7 Å². The van der Waals surface area contributed by atoms with E-state index < -0.39 is 51.6 Å². The SMILES string of the molecule is O=S(=O)(c1cc(F)ccc1Cl)N(CCO)CC(F)(F)F. The van der Waals surface area contributed by atoms with Gasteiger partial charge >= 0.3 is 6.18 Å². The highest BCUT2D eigenvalue weighted by Crippen LogP contribution is 2.27. The highest BCUT2D eigenvalue weighted by Gasteiger charge is 2.37. The van der Waals surface area contributed by atoms with E-state index in [1.807, 2.05) is 0 Å². The standard InChI is InChI=1S/C10H10ClF4NO3S/c11-8-2-1-7(12)5-9(8)20(18,19)16(3-4-17)6-10(13,14)15/h1-2,5,17H,3-4,6H2. The second-order valence-electron chi connectivity index (χ2n) is 3.75. The fourth-order valence-electron chi connectivity index (χ4n) is 1.41. The van der Waals surface area contributed by atoms with Crippen LogP contribution < -0.4 is 0 Å². The molecule has 0 amide bonds. The molecule has 0 bridgehead atoms. The van der Waals surface area contributed by atoms with Crippen molar-refractivity contribution in [3.05, 3.63) is 29.0 Å². The summed E-state index contributed by atoms with van der Waals surface area (Å²) < 4.78 is 74.2. The summed E-state index contributed by atoms with van der Waals surface area (Å²) in [5.41, 5.74) is 0. The zero-order chi connectivity index (χ0) is 15.6. The Bertz CT molecular complexity index is 576. The maximum Gasteiger partial charge on any atom is 0.402 e. The van der Waals surface area contributed by atoms with Crippen LogP contribution in [0, 0.1) is 5.82 Å². The Morgan fingerprint density at radius 1 is 1.30 bits per heavy atom. The summed E-state index contributed by atoms with van der Waals surface area (Å²) in [4.78, 5) is -0.781. The van der Waals surface area contributed by atoms with Gasteiger partial charge in [0.2, 0.25) is 10.0 Å². The predicted molar refractivity (Wildman–Crippen MR) is 63.3 cm³/mol. The number of aliphatic hydroxyl groups is 1. The predicted octanol–water partition coefficient (Wildman–Crippen LogP) is 2.02. The van der Waals surface area contributed by atoms with Crippen LogP contribution in [0.25, 0.3) is 0 Å². The third-order valence-corrected chi connectivity index (χ3v) is 4.54. The van der Waals surface area contributed by atoms with Crippen molar-refractivity contribution in [2.24, 2.45) is 0 Å². The minimum absolute atomic E-state index is 0.00630. The lowest BCUT2D eigenvalue weighted by Crippen LogP contribution is -2.40. The van der Waals surface area contributed by atoms with Crippen LogP contribution in [0.2, 0.25) is 5.02 Å². The van der Waals surface area contributed by atoms with Gasteiger partial charge in [0.25, 0.3) is 0 Å². The van der Waals surface area contributed by atoms with Gasteiger partial charge in [-0.3, -0.25) is 0 Å². The summed E-state index contributed by atoms with van der Waals surface area (Å²) in [6.07, 6.45) is -4.80. The number of aliphatic hydroxyl groups excluding tert-OH is 1. The summed E-state index contributed by atoms with van der Waals surface area (Å²) in [5, 5.41) is 8.28. The Balaban J connectivity index is 3.26. The lowest BCUT2D eigenvalue weighted by atomic mass is 10.3. The number of benzene rings is 1.